The molecule has 0 fully saturated rings. The minimum atomic E-state index is -0.316. The normalized spacial score (nSPS) is 10.0. The highest BCUT2D eigenvalue weighted by molar-refractivity contribution is 14.1. The van der Waals surface area contributed by atoms with Gasteiger partial charge < -0.3 is 4.74 Å². The summed E-state index contributed by atoms with van der Waals surface area (Å²) in [6, 6.07) is 15.0. The predicted molar refractivity (Wildman–Crippen MR) is 81.6 cm³/mol. The molecule has 0 heterocycles. The fourth-order valence-corrected chi connectivity index (χ4v) is 1.89. The standard InChI is InChI=1S/C14H13IN2O2/c15-12-5-1-10(2-6-12)9-19-13-7-3-11(4-8-13)14(18)17-16/h1-8H,9,16H2,(H,17,18). The van der Waals surface area contributed by atoms with Crippen molar-refractivity contribution in [3.8, 4) is 5.75 Å². The number of nitrogens with one attached hydrogen (secondary N) is 1. The molecule has 2 aromatic rings. The Bertz CT molecular complexity index is 553. The maximum atomic E-state index is 11.3. The molecule has 0 spiro atoms. The predicted octanol–water partition coefficient (Wildman–Crippen LogP) is 2.47. The van der Waals surface area contributed by atoms with Crippen LogP contribution in [-0.2, 0) is 6.61 Å². The number of nitrogens with two attached hydrogens (primary N) is 1. The molecule has 0 aromatic heterocycles. The van der Waals surface area contributed by atoms with Crippen molar-refractivity contribution in [2.75, 3.05) is 0 Å². The van der Waals surface area contributed by atoms with Gasteiger partial charge in [-0.05, 0) is 64.6 Å². The van der Waals surface area contributed by atoms with Crippen LogP contribution in [-0.4, -0.2) is 5.91 Å². The summed E-state index contributed by atoms with van der Waals surface area (Å²) in [6.07, 6.45) is 0. The smallest absolute Gasteiger partial charge is 0.265 e. The minimum absolute atomic E-state index is 0.316. The molecule has 0 saturated heterocycles. The number of ether oxygens (including phenoxy) is 1. The van der Waals surface area contributed by atoms with Crippen LogP contribution < -0.4 is 16.0 Å². The Labute approximate surface area is 125 Å². The highest BCUT2D eigenvalue weighted by atomic mass is 127. The van der Waals surface area contributed by atoms with Crippen LogP contribution in [0.5, 0.6) is 5.75 Å². The molecule has 1 amide bonds. The third kappa shape index (κ3) is 3.93. The van der Waals surface area contributed by atoms with Gasteiger partial charge in [0.2, 0.25) is 0 Å². The van der Waals surface area contributed by atoms with Crippen molar-refractivity contribution in [2.45, 2.75) is 6.61 Å². The van der Waals surface area contributed by atoms with Gasteiger partial charge in [0.1, 0.15) is 12.4 Å². The monoisotopic (exact) mass is 368 g/mol. The molecule has 98 valence electrons. The van der Waals surface area contributed by atoms with Crippen molar-refractivity contribution in [1.82, 2.24) is 5.43 Å². The van der Waals surface area contributed by atoms with Gasteiger partial charge in [-0.25, -0.2) is 5.84 Å². The molecule has 4 nitrogen and oxygen atoms in total. The van der Waals surface area contributed by atoms with Gasteiger partial charge in [0.05, 0.1) is 0 Å². The number of benzene rings is 2. The van der Waals surface area contributed by atoms with Gasteiger partial charge in [-0.1, -0.05) is 12.1 Å². The molecular formula is C14H13IN2O2. The molecule has 0 bridgehead atoms. The average molecular weight is 368 g/mol. The summed E-state index contributed by atoms with van der Waals surface area (Å²) >= 11 is 2.26. The van der Waals surface area contributed by atoms with E-state index in [-0.39, 0.29) is 5.91 Å². The molecular weight excluding hydrogens is 355 g/mol. The van der Waals surface area contributed by atoms with Gasteiger partial charge in [0, 0.05) is 9.13 Å². The summed E-state index contributed by atoms with van der Waals surface area (Å²) in [5.41, 5.74) is 3.69. The first-order valence-corrected chi connectivity index (χ1v) is 6.75. The van der Waals surface area contributed by atoms with Gasteiger partial charge in [-0.15, -0.1) is 0 Å². The maximum absolute atomic E-state index is 11.3. The third-order valence-corrected chi connectivity index (χ3v) is 3.29. The zero-order valence-corrected chi connectivity index (χ0v) is 12.3. The molecule has 5 heteroatoms. The number of carbonyl (C=O) groups is 1. The lowest BCUT2D eigenvalue weighted by molar-refractivity contribution is 0.0953. The Kier molecular flexibility index (Phi) is 4.75. The van der Waals surface area contributed by atoms with E-state index in [0.29, 0.717) is 17.9 Å². The molecule has 0 atom stereocenters. The van der Waals surface area contributed by atoms with Crippen LogP contribution in [0.2, 0.25) is 0 Å². The lowest BCUT2D eigenvalue weighted by Crippen LogP contribution is -2.29. The maximum Gasteiger partial charge on any atom is 0.265 e. The van der Waals surface area contributed by atoms with Gasteiger partial charge in [-0.2, -0.15) is 0 Å². The molecule has 2 rings (SSSR count). The van der Waals surface area contributed by atoms with E-state index in [9.17, 15) is 4.79 Å². The van der Waals surface area contributed by atoms with Crippen molar-refractivity contribution < 1.29 is 9.53 Å². The summed E-state index contributed by atoms with van der Waals surface area (Å²) in [5.74, 6) is 5.46. The Morgan fingerprint density at radius 1 is 1.11 bits per heavy atom. The van der Waals surface area contributed by atoms with E-state index < -0.39 is 0 Å². The van der Waals surface area contributed by atoms with E-state index >= 15 is 0 Å². The van der Waals surface area contributed by atoms with Crippen LogP contribution >= 0.6 is 22.6 Å². The largest absolute Gasteiger partial charge is 0.489 e. The van der Waals surface area contributed by atoms with Crippen LogP contribution in [0.3, 0.4) is 0 Å². The molecule has 3 N–H and O–H groups in total. The Morgan fingerprint density at radius 3 is 2.32 bits per heavy atom. The first-order valence-electron chi connectivity index (χ1n) is 5.67. The van der Waals surface area contributed by atoms with E-state index in [2.05, 4.69) is 28.0 Å². The van der Waals surface area contributed by atoms with E-state index in [1.54, 1.807) is 24.3 Å². The fraction of sp³-hybridized carbons (Fsp3) is 0.0714. The topological polar surface area (TPSA) is 64.3 Å². The molecule has 0 aliphatic carbocycles. The highest BCUT2D eigenvalue weighted by Crippen LogP contribution is 2.15. The molecule has 0 unspecified atom stereocenters. The number of nitrogen functional groups attached to an aromatic ring is 1. The zero-order chi connectivity index (χ0) is 13.7. The lowest BCUT2D eigenvalue weighted by atomic mass is 10.2. The second-order valence-corrected chi connectivity index (χ2v) is 5.16. The van der Waals surface area contributed by atoms with Gasteiger partial charge in [-0.3, -0.25) is 10.2 Å². The number of hydrogen-bond donors (Lipinski definition) is 2. The van der Waals surface area contributed by atoms with Crippen molar-refractivity contribution >= 4 is 28.5 Å². The molecule has 0 saturated carbocycles. The summed E-state index contributed by atoms with van der Waals surface area (Å²) in [4.78, 5) is 11.3. The summed E-state index contributed by atoms with van der Waals surface area (Å²) < 4.78 is 6.83. The first kappa shape index (κ1) is 13.8. The van der Waals surface area contributed by atoms with Crippen LogP contribution in [0.15, 0.2) is 48.5 Å². The number of rotatable bonds is 4. The van der Waals surface area contributed by atoms with Crippen LogP contribution in [0.4, 0.5) is 0 Å². The van der Waals surface area contributed by atoms with Gasteiger partial charge >= 0.3 is 0 Å². The lowest BCUT2D eigenvalue weighted by Gasteiger charge is -2.07. The molecule has 19 heavy (non-hydrogen) atoms. The van der Waals surface area contributed by atoms with E-state index in [1.807, 2.05) is 24.3 Å². The number of hydrazine groups is 1. The first-order chi connectivity index (χ1) is 9.19. The third-order valence-electron chi connectivity index (χ3n) is 2.57. The number of carbonyl (C=O) groups excluding carboxylic acids is 1. The van der Waals surface area contributed by atoms with Crippen molar-refractivity contribution in [3.05, 3.63) is 63.2 Å². The highest BCUT2D eigenvalue weighted by Gasteiger charge is 2.03. The summed E-state index contributed by atoms with van der Waals surface area (Å²) in [5, 5.41) is 0. The van der Waals surface area contributed by atoms with Crippen LogP contribution in [0.1, 0.15) is 15.9 Å². The molecule has 0 radical (unpaired) electrons. The van der Waals surface area contributed by atoms with Crippen molar-refractivity contribution in [1.29, 1.82) is 0 Å². The second kappa shape index (κ2) is 6.53. The Hall–Kier alpha value is -1.60. The number of halogens is 1. The van der Waals surface area contributed by atoms with Gasteiger partial charge in [0.25, 0.3) is 5.91 Å². The Balaban J connectivity index is 1.96. The summed E-state index contributed by atoms with van der Waals surface area (Å²) in [6.45, 7) is 0.499. The average Bonchev–Trinajstić information content (AvgIpc) is 2.46. The van der Waals surface area contributed by atoms with Crippen molar-refractivity contribution in [2.24, 2.45) is 5.84 Å². The van der Waals surface area contributed by atoms with E-state index in [4.69, 9.17) is 10.6 Å². The fourth-order valence-electron chi connectivity index (χ4n) is 1.53. The number of hydrogen-bond acceptors (Lipinski definition) is 3. The molecule has 0 aliphatic rings. The van der Waals surface area contributed by atoms with Gasteiger partial charge in [0.15, 0.2) is 0 Å². The Morgan fingerprint density at radius 2 is 1.74 bits per heavy atom. The SMILES string of the molecule is NNC(=O)c1ccc(OCc2ccc(I)cc2)cc1. The zero-order valence-electron chi connectivity index (χ0n) is 10.1. The van der Waals surface area contributed by atoms with E-state index in [1.165, 1.54) is 3.57 Å². The minimum Gasteiger partial charge on any atom is -0.489 e. The number of amides is 1. The van der Waals surface area contributed by atoms with Crippen LogP contribution in [0.25, 0.3) is 0 Å². The molecule has 2 aromatic carbocycles. The molecule has 0 aliphatic heterocycles. The van der Waals surface area contributed by atoms with E-state index in [0.717, 1.165) is 5.56 Å². The summed E-state index contributed by atoms with van der Waals surface area (Å²) in [7, 11) is 0. The van der Waals surface area contributed by atoms with Crippen molar-refractivity contribution in [3.63, 3.8) is 0 Å². The quantitative estimate of drug-likeness (QED) is 0.377. The second-order valence-electron chi connectivity index (χ2n) is 3.91. The van der Waals surface area contributed by atoms with Crippen LogP contribution in [0, 0.1) is 3.57 Å².